The van der Waals surface area contributed by atoms with E-state index in [1.54, 1.807) is 0 Å². The van der Waals surface area contributed by atoms with Crippen molar-refractivity contribution in [3.63, 3.8) is 0 Å². The van der Waals surface area contributed by atoms with Crippen LogP contribution in [0.25, 0.3) is 33.1 Å². The largest absolute Gasteiger partial charge is 0.353 e. The Bertz CT molecular complexity index is 1570. The second-order valence-corrected chi connectivity index (χ2v) is 9.62. The summed E-state index contributed by atoms with van der Waals surface area (Å²) in [6.45, 7) is 3.78. The van der Waals surface area contributed by atoms with E-state index in [0.29, 0.717) is 11.7 Å². The fourth-order valence-corrected chi connectivity index (χ4v) is 5.08. The van der Waals surface area contributed by atoms with Gasteiger partial charge in [0.15, 0.2) is 5.82 Å². The van der Waals surface area contributed by atoms with Gasteiger partial charge in [0, 0.05) is 55.2 Å². The quantitative estimate of drug-likeness (QED) is 0.360. The first-order chi connectivity index (χ1) is 17.8. The number of nitrogens with one attached hydrogen (secondary N) is 2. The van der Waals surface area contributed by atoms with Gasteiger partial charge in [-0.1, -0.05) is 30.3 Å². The molecule has 0 amide bonds. The van der Waals surface area contributed by atoms with Crippen molar-refractivity contribution in [1.29, 1.82) is 0 Å². The Balaban J connectivity index is 1.29. The van der Waals surface area contributed by atoms with Crippen molar-refractivity contribution in [3.05, 3.63) is 78.8 Å². The highest BCUT2D eigenvalue weighted by molar-refractivity contribution is 5.94. The molecular weight excluding hydrogens is 446 g/mol. The van der Waals surface area contributed by atoms with Crippen LogP contribution >= 0.6 is 0 Å². The van der Waals surface area contributed by atoms with Crippen molar-refractivity contribution in [2.24, 2.45) is 0 Å². The molecule has 0 bridgehead atoms. The van der Waals surface area contributed by atoms with E-state index in [1.165, 1.54) is 34.6 Å². The number of pyridine rings is 2. The number of piperazine rings is 1. The Labute approximate surface area is 209 Å². The monoisotopic (exact) mass is 473 g/mol. The van der Waals surface area contributed by atoms with Crippen LogP contribution in [0.5, 0.6) is 0 Å². The van der Waals surface area contributed by atoms with Crippen LogP contribution in [0.15, 0.2) is 73.2 Å². The van der Waals surface area contributed by atoms with Gasteiger partial charge in [0.2, 0.25) is 0 Å². The molecule has 0 atom stereocenters. The summed E-state index contributed by atoms with van der Waals surface area (Å²) in [6, 6.07) is 18.7. The third-order valence-corrected chi connectivity index (χ3v) is 7.09. The van der Waals surface area contributed by atoms with Gasteiger partial charge in [-0.05, 0) is 59.4 Å². The molecule has 5 aromatic rings. The topological polar surface area (TPSA) is 78.9 Å². The SMILES string of the molecule is c1ccc2cc(Nc3cc(-c4nc(N5CCNCC5)c5c(C6CC6)cncc5n4)ccn3)ccc2c1. The van der Waals surface area contributed by atoms with Gasteiger partial charge < -0.3 is 15.5 Å². The molecule has 7 rings (SSSR count). The van der Waals surface area contributed by atoms with Crippen LogP contribution in [-0.4, -0.2) is 46.1 Å². The number of nitrogens with zero attached hydrogens (tertiary/aromatic N) is 5. The molecule has 1 aliphatic heterocycles. The molecule has 178 valence electrons. The first-order valence-electron chi connectivity index (χ1n) is 12.7. The van der Waals surface area contributed by atoms with E-state index in [9.17, 15) is 0 Å². The van der Waals surface area contributed by atoms with E-state index < -0.39 is 0 Å². The Morgan fingerprint density at radius 3 is 2.61 bits per heavy atom. The number of fused-ring (bicyclic) bond motifs is 2. The van der Waals surface area contributed by atoms with Crippen LogP contribution < -0.4 is 15.5 Å². The number of hydrogen-bond donors (Lipinski definition) is 2. The van der Waals surface area contributed by atoms with Crippen molar-refractivity contribution in [3.8, 4) is 11.4 Å². The zero-order chi connectivity index (χ0) is 23.9. The molecule has 0 unspecified atom stereocenters. The summed E-state index contributed by atoms with van der Waals surface area (Å²) < 4.78 is 0. The smallest absolute Gasteiger partial charge is 0.162 e. The van der Waals surface area contributed by atoms with Crippen LogP contribution in [0.4, 0.5) is 17.3 Å². The number of aromatic nitrogens is 4. The van der Waals surface area contributed by atoms with Crippen molar-refractivity contribution in [2.75, 3.05) is 36.4 Å². The Morgan fingerprint density at radius 1 is 0.889 bits per heavy atom. The molecule has 2 N–H and O–H groups in total. The molecule has 0 radical (unpaired) electrons. The Hall–Kier alpha value is -4.10. The lowest BCUT2D eigenvalue weighted by Gasteiger charge is -2.30. The zero-order valence-corrected chi connectivity index (χ0v) is 20.0. The maximum atomic E-state index is 5.16. The lowest BCUT2D eigenvalue weighted by atomic mass is 10.1. The van der Waals surface area contributed by atoms with E-state index in [-0.39, 0.29) is 0 Å². The van der Waals surface area contributed by atoms with E-state index >= 15 is 0 Å². The third-order valence-electron chi connectivity index (χ3n) is 7.09. The van der Waals surface area contributed by atoms with Gasteiger partial charge >= 0.3 is 0 Å². The molecule has 7 nitrogen and oxygen atoms in total. The summed E-state index contributed by atoms with van der Waals surface area (Å²) in [5.74, 6) is 3.08. The summed E-state index contributed by atoms with van der Waals surface area (Å²) in [4.78, 5) is 21.7. The highest BCUT2D eigenvalue weighted by Crippen LogP contribution is 2.44. The summed E-state index contributed by atoms with van der Waals surface area (Å²) in [5.41, 5.74) is 4.14. The fraction of sp³-hybridized carbons (Fsp3) is 0.241. The normalized spacial score (nSPS) is 15.9. The highest BCUT2D eigenvalue weighted by Gasteiger charge is 2.29. The second kappa shape index (κ2) is 8.84. The molecule has 1 saturated heterocycles. The molecule has 36 heavy (non-hydrogen) atoms. The Morgan fingerprint density at radius 2 is 1.75 bits per heavy atom. The number of anilines is 3. The minimum atomic E-state index is 0.580. The van der Waals surface area contributed by atoms with E-state index in [2.05, 4.69) is 68.0 Å². The van der Waals surface area contributed by atoms with Crippen molar-refractivity contribution < 1.29 is 0 Å². The number of hydrogen-bond acceptors (Lipinski definition) is 7. The third kappa shape index (κ3) is 4.01. The van der Waals surface area contributed by atoms with Gasteiger partial charge in [0.05, 0.1) is 11.7 Å². The molecule has 3 aromatic heterocycles. The van der Waals surface area contributed by atoms with Gasteiger partial charge in [-0.2, -0.15) is 0 Å². The van der Waals surface area contributed by atoms with Crippen LogP contribution in [0.1, 0.15) is 24.3 Å². The van der Waals surface area contributed by atoms with Gasteiger partial charge in [-0.3, -0.25) is 4.98 Å². The van der Waals surface area contributed by atoms with Crippen molar-refractivity contribution in [2.45, 2.75) is 18.8 Å². The van der Waals surface area contributed by atoms with Crippen LogP contribution in [-0.2, 0) is 0 Å². The molecule has 1 saturated carbocycles. The van der Waals surface area contributed by atoms with Gasteiger partial charge in [-0.25, -0.2) is 15.0 Å². The summed E-state index contributed by atoms with van der Waals surface area (Å²) in [7, 11) is 0. The molecule has 7 heteroatoms. The summed E-state index contributed by atoms with van der Waals surface area (Å²) in [5, 5.41) is 10.5. The van der Waals surface area contributed by atoms with E-state index in [1.807, 2.05) is 30.7 Å². The predicted octanol–water partition coefficient (Wildman–Crippen LogP) is 5.27. The standard InChI is InChI=1S/C29H27N7/c1-2-4-21-15-23(8-7-19(21)3-1)33-26-16-22(9-10-32-26)28-34-25-18-31-17-24(20-5-6-20)27(25)29(35-28)36-13-11-30-12-14-36/h1-4,7-10,15-18,20,30H,5-6,11-14H2,(H,32,33). The van der Waals surface area contributed by atoms with Crippen molar-refractivity contribution in [1.82, 2.24) is 25.3 Å². The highest BCUT2D eigenvalue weighted by atomic mass is 15.2. The summed E-state index contributed by atoms with van der Waals surface area (Å²) in [6.07, 6.45) is 8.16. The summed E-state index contributed by atoms with van der Waals surface area (Å²) >= 11 is 0. The Kier molecular flexibility index (Phi) is 5.21. The minimum Gasteiger partial charge on any atom is -0.353 e. The first-order valence-corrected chi connectivity index (χ1v) is 12.7. The number of benzene rings is 2. The fourth-order valence-electron chi connectivity index (χ4n) is 5.08. The van der Waals surface area contributed by atoms with Crippen LogP contribution in [0.3, 0.4) is 0 Å². The average molecular weight is 474 g/mol. The molecule has 2 aromatic carbocycles. The van der Waals surface area contributed by atoms with Gasteiger partial charge in [-0.15, -0.1) is 0 Å². The van der Waals surface area contributed by atoms with Crippen molar-refractivity contribution >= 4 is 39.0 Å². The average Bonchev–Trinajstić information content (AvgIpc) is 3.78. The van der Waals surface area contributed by atoms with Gasteiger partial charge in [0.25, 0.3) is 0 Å². The molecule has 4 heterocycles. The first kappa shape index (κ1) is 21.2. The van der Waals surface area contributed by atoms with Crippen LogP contribution in [0, 0.1) is 0 Å². The molecular formula is C29H27N7. The van der Waals surface area contributed by atoms with Gasteiger partial charge in [0.1, 0.15) is 11.6 Å². The lowest BCUT2D eigenvalue weighted by molar-refractivity contribution is 0.586. The second-order valence-electron chi connectivity index (χ2n) is 9.62. The van der Waals surface area contributed by atoms with Crippen LogP contribution in [0.2, 0.25) is 0 Å². The molecule has 1 aliphatic carbocycles. The molecule has 2 aliphatic rings. The molecule has 2 fully saturated rings. The lowest BCUT2D eigenvalue weighted by Crippen LogP contribution is -2.44. The molecule has 0 spiro atoms. The van der Waals surface area contributed by atoms with E-state index in [4.69, 9.17) is 9.97 Å². The van der Waals surface area contributed by atoms with E-state index in [0.717, 1.165) is 54.6 Å². The maximum absolute atomic E-state index is 5.16. The minimum absolute atomic E-state index is 0.580. The maximum Gasteiger partial charge on any atom is 0.162 e. The zero-order valence-electron chi connectivity index (χ0n) is 20.0. The number of rotatable bonds is 5. The predicted molar refractivity (Wildman–Crippen MR) is 145 cm³/mol.